The molecule has 1 saturated heterocycles. The van der Waals surface area contributed by atoms with Gasteiger partial charge in [0.2, 0.25) is 17.7 Å². The summed E-state index contributed by atoms with van der Waals surface area (Å²) in [6.45, 7) is 5.22. The molecule has 1 aromatic carbocycles. The molecule has 0 N–H and O–H groups in total. The van der Waals surface area contributed by atoms with Gasteiger partial charge in [-0.15, -0.1) is 0 Å². The van der Waals surface area contributed by atoms with E-state index in [4.69, 9.17) is 23.2 Å². The smallest absolute Gasteiger partial charge is 0.224 e. The van der Waals surface area contributed by atoms with Crippen LogP contribution >= 0.6 is 23.2 Å². The summed E-state index contributed by atoms with van der Waals surface area (Å²) in [7, 11) is 0. The Morgan fingerprint density at radius 2 is 1.52 bits per heavy atom. The lowest BCUT2D eigenvalue weighted by Gasteiger charge is -2.34. The number of benzene rings is 1. The van der Waals surface area contributed by atoms with Gasteiger partial charge in [0.1, 0.15) is 0 Å². The SMILES string of the molecule is CC(=O)N1CCN(C(=O)CCN(C(C)=O)c2c(Cl)cccc2Cl)CC1. The minimum atomic E-state index is -0.232. The predicted molar refractivity (Wildman–Crippen MR) is 97.9 cm³/mol. The predicted octanol–water partition coefficient (Wildman–Crippen LogP) is 2.43. The molecule has 0 atom stereocenters. The zero-order chi connectivity index (χ0) is 18.6. The van der Waals surface area contributed by atoms with Crippen molar-refractivity contribution in [1.82, 2.24) is 9.80 Å². The highest BCUT2D eigenvalue weighted by molar-refractivity contribution is 6.39. The van der Waals surface area contributed by atoms with Crippen LogP contribution in [0.15, 0.2) is 18.2 Å². The Balaban J connectivity index is 1.99. The molecule has 0 spiro atoms. The van der Waals surface area contributed by atoms with Gasteiger partial charge in [0.25, 0.3) is 0 Å². The van der Waals surface area contributed by atoms with Gasteiger partial charge in [-0.3, -0.25) is 14.4 Å². The molecule has 0 saturated carbocycles. The normalized spacial score (nSPS) is 14.4. The molecule has 136 valence electrons. The van der Waals surface area contributed by atoms with Crippen molar-refractivity contribution in [3.05, 3.63) is 28.2 Å². The zero-order valence-corrected chi connectivity index (χ0v) is 15.8. The van der Waals surface area contributed by atoms with Gasteiger partial charge in [0, 0.05) is 53.0 Å². The maximum Gasteiger partial charge on any atom is 0.224 e. The number of rotatable bonds is 4. The van der Waals surface area contributed by atoms with Crippen LogP contribution in [0, 0.1) is 0 Å². The molecule has 25 heavy (non-hydrogen) atoms. The maximum atomic E-state index is 12.4. The number of hydrogen-bond donors (Lipinski definition) is 0. The van der Waals surface area contributed by atoms with Crippen LogP contribution in [0.25, 0.3) is 0 Å². The van der Waals surface area contributed by atoms with Gasteiger partial charge >= 0.3 is 0 Å². The largest absolute Gasteiger partial charge is 0.339 e. The van der Waals surface area contributed by atoms with Gasteiger partial charge in [-0.05, 0) is 12.1 Å². The average molecular weight is 386 g/mol. The van der Waals surface area contributed by atoms with E-state index in [-0.39, 0.29) is 30.7 Å². The van der Waals surface area contributed by atoms with Crippen LogP contribution in [0.4, 0.5) is 5.69 Å². The van der Waals surface area contributed by atoms with Gasteiger partial charge in [0.05, 0.1) is 15.7 Å². The molecule has 1 aliphatic heterocycles. The van der Waals surface area contributed by atoms with E-state index >= 15 is 0 Å². The quantitative estimate of drug-likeness (QED) is 0.799. The summed E-state index contributed by atoms with van der Waals surface area (Å²) < 4.78 is 0. The Kier molecular flexibility index (Phi) is 6.67. The lowest BCUT2D eigenvalue weighted by Crippen LogP contribution is -2.50. The lowest BCUT2D eigenvalue weighted by atomic mass is 10.2. The second kappa shape index (κ2) is 8.54. The molecule has 8 heteroatoms. The first-order valence-corrected chi connectivity index (χ1v) is 8.82. The molecule has 3 amide bonds. The molecule has 1 aromatic rings. The number of halogens is 2. The Morgan fingerprint density at radius 3 is 2.00 bits per heavy atom. The standard InChI is InChI=1S/C17H21Cl2N3O3/c1-12(23)20-8-10-21(11-9-20)16(25)6-7-22(13(2)24)17-14(18)4-3-5-15(17)19/h3-5H,6-11H2,1-2H3. The molecule has 6 nitrogen and oxygen atoms in total. The van der Waals surface area contributed by atoms with E-state index in [0.717, 1.165) is 0 Å². The molecule has 0 bridgehead atoms. The van der Waals surface area contributed by atoms with Crippen molar-refractivity contribution in [3.63, 3.8) is 0 Å². The van der Waals surface area contributed by atoms with Crippen LogP contribution in [0.3, 0.4) is 0 Å². The van der Waals surface area contributed by atoms with Crippen molar-refractivity contribution in [2.45, 2.75) is 20.3 Å². The third-order valence-corrected chi connectivity index (χ3v) is 4.82. The fourth-order valence-electron chi connectivity index (χ4n) is 2.81. The number of carbonyl (C=O) groups is 3. The number of carbonyl (C=O) groups excluding carboxylic acids is 3. The van der Waals surface area contributed by atoms with Crippen LogP contribution in [0.2, 0.25) is 10.0 Å². The summed E-state index contributed by atoms with van der Waals surface area (Å²) in [4.78, 5) is 40.6. The summed E-state index contributed by atoms with van der Waals surface area (Å²) in [5.74, 6) is -0.273. The van der Waals surface area contributed by atoms with E-state index in [0.29, 0.717) is 41.9 Å². The molecule has 1 fully saturated rings. The highest BCUT2D eigenvalue weighted by Gasteiger charge is 2.24. The highest BCUT2D eigenvalue weighted by atomic mass is 35.5. The van der Waals surface area contributed by atoms with E-state index in [1.807, 2.05) is 0 Å². The summed E-state index contributed by atoms with van der Waals surface area (Å²) in [5, 5.41) is 0.732. The zero-order valence-electron chi connectivity index (χ0n) is 14.3. The first-order chi connectivity index (χ1) is 11.8. The minimum absolute atomic E-state index is 0.0169. The molecular formula is C17H21Cl2N3O3. The van der Waals surface area contributed by atoms with E-state index in [1.54, 1.807) is 28.0 Å². The first kappa shape index (κ1) is 19.5. The number of piperazine rings is 1. The van der Waals surface area contributed by atoms with E-state index < -0.39 is 0 Å². The molecule has 0 aromatic heterocycles. The average Bonchev–Trinajstić information content (AvgIpc) is 2.56. The van der Waals surface area contributed by atoms with Gasteiger partial charge in [-0.25, -0.2) is 0 Å². The van der Waals surface area contributed by atoms with Crippen molar-refractivity contribution in [1.29, 1.82) is 0 Å². The topological polar surface area (TPSA) is 60.9 Å². The van der Waals surface area contributed by atoms with Crippen LogP contribution in [0.1, 0.15) is 20.3 Å². The van der Waals surface area contributed by atoms with Gasteiger partial charge in [-0.1, -0.05) is 29.3 Å². The first-order valence-electron chi connectivity index (χ1n) is 8.06. The summed E-state index contributed by atoms with van der Waals surface area (Å²) in [5.41, 5.74) is 0.424. The third kappa shape index (κ3) is 4.86. The molecule has 1 aliphatic rings. The number of hydrogen-bond acceptors (Lipinski definition) is 3. The Morgan fingerprint density at radius 1 is 1.00 bits per heavy atom. The van der Waals surface area contributed by atoms with Crippen molar-refractivity contribution in [3.8, 4) is 0 Å². The summed E-state index contributed by atoms with van der Waals surface area (Å²) >= 11 is 12.3. The second-order valence-electron chi connectivity index (χ2n) is 5.88. The van der Waals surface area contributed by atoms with E-state index in [1.165, 1.54) is 18.7 Å². The van der Waals surface area contributed by atoms with Crippen molar-refractivity contribution in [2.75, 3.05) is 37.6 Å². The van der Waals surface area contributed by atoms with Crippen molar-refractivity contribution in [2.24, 2.45) is 0 Å². The highest BCUT2D eigenvalue weighted by Crippen LogP contribution is 2.33. The second-order valence-corrected chi connectivity index (χ2v) is 6.69. The van der Waals surface area contributed by atoms with Crippen LogP contribution in [-0.4, -0.2) is 60.2 Å². The molecule has 0 unspecified atom stereocenters. The molecule has 0 aliphatic carbocycles. The van der Waals surface area contributed by atoms with Crippen molar-refractivity contribution >= 4 is 46.6 Å². The third-order valence-electron chi connectivity index (χ3n) is 4.21. The van der Waals surface area contributed by atoms with E-state index in [9.17, 15) is 14.4 Å². The summed E-state index contributed by atoms with van der Waals surface area (Å²) in [6.07, 6.45) is 0.168. The van der Waals surface area contributed by atoms with Crippen LogP contribution < -0.4 is 4.90 Å². The van der Waals surface area contributed by atoms with Gasteiger partial charge in [-0.2, -0.15) is 0 Å². The van der Waals surface area contributed by atoms with Gasteiger partial charge < -0.3 is 14.7 Å². The minimum Gasteiger partial charge on any atom is -0.339 e. The fraction of sp³-hybridized carbons (Fsp3) is 0.471. The number of amides is 3. The number of anilines is 1. The van der Waals surface area contributed by atoms with Crippen LogP contribution in [0.5, 0.6) is 0 Å². The Labute approximate surface area is 157 Å². The van der Waals surface area contributed by atoms with E-state index in [2.05, 4.69) is 0 Å². The number of nitrogens with zero attached hydrogens (tertiary/aromatic N) is 3. The van der Waals surface area contributed by atoms with Gasteiger partial charge in [0.15, 0.2) is 0 Å². The summed E-state index contributed by atoms with van der Waals surface area (Å²) in [6, 6.07) is 5.01. The van der Waals surface area contributed by atoms with Crippen molar-refractivity contribution < 1.29 is 14.4 Å². The molecule has 2 rings (SSSR count). The molecule has 0 radical (unpaired) electrons. The molecule has 1 heterocycles. The Hall–Kier alpha value is -1.79. The maximum absolute atomic E-state index is 12.4. The fourth-order valence-corrected chi connectivity index (χ4v) is 3.41. The monoisotopic (exact) mass is 385 g/mol. The number of para-hydroxylation sites is 1. The van der Waals surface area contributed by atoms with Crippen LogP contribution in [-0.2, 0) is 14.4 Å². The Bertz CT molecular complexity index is 653. The lowest BCUT2D eigenvalue weighted by molar-refractivity contribution is -0.138. The molecular weight excluding hydrogens is 365 g/mol.